The van der Waals surface area contributed by atoms with E-state index in [4.69, 9.17) is 0 Å². The smallest absolute Gasteiger partial charge is 0.121 e. The summed E-state index contributed by atoms with van der Waals surface area (Å²) in [5.74, 6) is 0.806. The molecule has 0 amide bonds. The minimum absolute atomic E-state index is 0.152. The van der Waals surface area contributed by atoms with Gasteiger partial charge in [-0.15, -0.1) is 0 Å². The average Bonchev–Trinajstić information content (AvgIpc) is 3.08. The van der Waals surface area contributed by atoms with E-state index in [0.29, 0.717) is 0 Å². The molecule has 0 aromatic heterocycles. The molecular weight excluding hydrogens is 196 g/mol. The maximum atomic E-state index is 9.22. The molecule has 2 rings (SSSR count). The fourth-order valence-electron chi connectivity index (χ4n) is 1.92. The van der Waals surface area contributed by atoms with Crippen LogP contribution in [-0.4, -0.2) is 6.54 Å². The van der Waals surface area contributed by atoms with E-state index < -0.39 is 0 Å². The minimum Gasteiger partial charge on any atom is -0.298 e. The topological polar surface area (TPSA) is 35.8 Å². The molecule has 1 N–H and O–H groups in total. The summed E-state index contributed by atoms with van der Waals surface area (Å²) in [7, 11) is 0. The maximum absolute atomic E-state index is 9.22. The van der Waals surface area contributed by atoms with Crippen molar-refractivity contribution in [2.24, 2.45) is 5.92 Å². The third kappa shape index (κ3) is 2.43. The highest BCUT2D eigenvalue weighted by Crippen LogP contribution is 2.29. The van der Waals surface area contributed by atoms with Crippen LogP contribution in [0.25, 0.3) is 0 Å². The SMILES string of the molecule is Cc1cccc(C(C#N)NCC2CC2)c1C. The first kappa shape index (κ1) is 11.2. The Balaban J connectivity index is 2.12. The van der Waals surface area contributed by atoms with Crippen LogP contribution in [0, 0.1) is 31.1 Å². The van der Waals surface area contributed by atoms with E-state index in [1.54, 1.807) is 0 Å². The number of nitriles is 1. The number of hydrogen-bond donors (Lipinski definition) is 1. The number of hydrogen-bond acceptors (Lipinski definition) is 2. The summed E-state index contributed by atoms with van der Waals surface area (Å²) in [4.78, 5) is 0. The van der Waals surface area contributed by atoms with Gasteiger partial charge in [-0.2, -0.15) is 5.26 Å². The summed E-state index contributed by atoms with van der Waals surface area (Å²) in [6.45, 7) is 5.16. The molecule has 2 heteroatoms. The Morgan fingerprint density at radius 2 is 2.19 bits per heavy atom. The summed E-state index contributed by atoms with van der Waals surface area (Å²) >= 11 is 0. The highest BCUT2D eigenvalue weighted by Gasteiger charge is 2.23. The number of benzene rings is 1. The first-order chi connectivity index (χ1) is 7.72. The standard InChI is InChI=1S/C14H18N2/c1-10-4-3-5-13(11(10)2)14(8-15)16-9-12-6-7-12/h3-5,12,14,16H,6-7,9H2,1-2H3. The molecule has 1 fully saturated rings. The molecule has 16 heavy (non-hydrogen) atoms. The van der Waals surface area contributed by atoms with Crippen LogP contribution < -0.4 is 5.32 Å². The van der Waals surface area contributed by atoms with Crippen molar-refractivity contribution in [1.29, 1.82) is 5.26 Å². The molecule has 0 radical (unpaired) electrons. The van der Waals surface area contributed by atoms with Gasteiger partial charge in [0.05, 0.1) is 6.07 Å². The summed E-state index contributed by atoms with van der Waals surface area (Å²) in [6.07, 6.45) is 2.63. The van der Waals surface area contributed by atoms with E-state index in [2.05, 4.69) is 37.4 Å². The molecule has 2 nitrogen and oxygen atoms in total. The van der Waals surface area contributed by atoms with Gasteiger partial charge in [-0.25, -0.2) is 0 Å². The van der Waals surface area contributed by atoms with Crippen LogP contribution in [-0.2, 0) is 0 Å². The Labute approximate surface area is 97.3 Å². The van der Waals surface area contributed by atoms with E-state index in [0.717, 1.165) is 18.0 Å². The van der Waals surface area contributed by atoms with Gasteiger partial charge in [-0.1, -0.05) is 18.2 Å². The van der Waals surface area contributed by atoms with Crippen LogP contribution in [0.3, 0.4) is 0 Å². The second kappa shape index (κ2) is 4.67. The lowest BCUT2D eigenvalue weighted by atomic mass is 9.98. The highest BCUT2D eigenvalue weighted by molar-refractivity contribution is 5.37. The third-order valence-corrected chi connectivity index (χ3v) is 3.39. The Morgan fingerprint density at radius 1 is 1.44 bits per heavy atom. The van der Waals surface area contributed by atoms with E-state index in [1.807, 2.05) is 6.07 Å². The van der Waals surface area contributed by atoms with Crippen molar-refractivity contribution < 1.29 is 0 Å². The Hall–Kier alpha value is -1.33. The molecule has 1 unspecified atom stereocenters. The summed E-state index contributed by atoms with van der Waals surface area (Å²) in [6, 6.07) is 8.38. The quantitative estimate of drug-likeness (QED) is 0.836. The predicted octanol–water partition coefficient (Wildman–Crippen LogP) is 2.87. The number of rotatable bonds is 4. The van der Waals surface area contributed by atoms with Gasteiger partial charge < -0.3 is 0 Å². The summed E-state index contributed by atoms with van der Waals surface area (Å²) < 4.78 is 0. The number of nitrogens with one attached hydrogen (secondary N) is 1. The van der Waals surface area contributed by atoms with Crippen molar-refractivity contribution in [3.8, 4) is 6.07 Å². The average molecular weight is 214 g/mol. The van der Waals surface area contributed by atoms with Gasteiger partial charge in [0.25, 0.3) is 0 Å². The zero-order valence-electron chi connectivity index (χ0n) is 9.96. The van der Waals surface area contributed by atoms with E-state index in [-0.39, 0.29) is 6.04 Å². The molecular formula is C14H18N2. The second-order valence-corrected chi connectivity index (χ2v) is 4.70. The second-order valence-electron chi connectivity index (χ2n) is 4.70. The Morgan fingerprint density at radius 3 is 2.81 bits per heavy atom. The molecule has 1 aliphatic carbocycles. The van der Waals surface area contributed by atoms with E-state index in [1.165, 1.54) is 24.0 Å². The largest absolute Gasteiger partial charge is 0.298 e. The first-order valence-corrected chi connectivity index (χ1v) is 5.91. The molecule has 0 heterocycles. The molecule has 0 spiro atoms. The lowest BCUT2D eigenvalue weighted by Crippen LogP contribution is -2.23. The van der Waals surface area contributed by atoms with Crippen molar-refractivity contribution in [3.63, 3.8) is 0 Å². The Bertz CT molecular complexity index is 413. The van der Waals surface area contributed by atoms with E-state index >= 15 is 0 Å². The zero-order chi connectivity index (χ0) is 11.5. The lowest BCUT2D eigenvalue weighted by molar-refractivity contribution is 0.591. The molecule has 1 saturated carbocycles. The number of aryl methyl sites for hydroxylation is 1. The van der Waals surface area contributed by atoms with Crippen molar-refractivity contribution in [1.82, 2.24) is 5.32 Å². The molecule has 1 atom stereocenters. The van der Waals surface area contributed by atoms with Gasteiger partial charge in [-0.3, -0.25) is 5.32 Å². The molecule has 84 valence electrons. The maximum Gasteiger partial charge on any atom is 0.121 e. The van der Waals surface area contributed by atoms with Crippen LogP contribution >= 0.6 is 0 Å². The van der Waals surface area contributed by atoms with Crippen LogP contribution in [0.4, 0.5) is 0 Å². The minimum atomic E-state index is -0.152. The van der Waals surface area contributed by atoms with Gasteiger partial charge in [0, 0.05) is 0 Å². The van der Waals surface area contributed by atoms with Gasteiger partial charge in [0.1, 0.15) is 6.04 Å². The fourth-order valence-corrected chi connectivity index (χ4v) is 1.92. The fraction of sp³-hybridized carbons (Fsp3) is 0.500. The van der Waals surface area contributed by atoms with Gasteiger partial charge in [0.15, 0.2) is 0 Å². The Kier molecular flexibility index (Phi) is 3.26. The van der Waals surface area contributed by atoms with Crippen molar-refractivity contribution in [3.05, 3.63) is 34.9 Å². The highest BCUT2D eigenvalue weighted by atomic mass is 14.9. The molecule has 0 saturated heterocycles. The van der Waals surface area contributed by atoms with Crippen LogP contribution in [0.2, 0.25) is 0 Å². The van der Waals surface area contributed by atoms with Gasteiger partial charge >= 0.3 is 0 Å². The van der Waals surface area contributed by atoms with Crippen LogP contribution in [0.5, 0.6) is 0 Å². The van der Waals surface area contributed by atoms with Crippen LogP contribution in [0.15, 0.2) is 18.2 Å². The summed E-state index contributed by atoms with van der Waals surface area (Å²) in [5, 5.41) is 12.6. The van der Waals surface area contributed by atoms with E-state index in [9.17, 15) is 5.26 Å². The van der Waals surface area contributed by atoms with Crippen molar-refractivity contribution in [2.45, 2.75) is 32.7 Å². The lowest BCUT2D eigenvalue weighted by Gasteiger charge is -2.15. The molecule has 0 aliphatic heterocycles. The number of nitrogens with zero attached hydrogens (tertiary/aromatic N) is 1. The molecule has 1 aromatic rings. The van der Waals surface area contributed by atoms with Crippen LogP contribution in [0.1, 0.15) is 35.6 Å². The summed E-state index contributed by atoms with van der Waals surface area (Å²) in [5.41, 5.74) is 3.62. The molecule has 1 aliphatic rings. The van der Waals surface area contributed by atoms with Crippen molar-refractivity contribution in [2.75, 3.05) is 6.54 Å². The zero-order valence-corrected chi connectivity index (χ0v) is 9.96. The van der Waals surface area contributed by atoms with Crippen molar-refractivity contribution >= 4 is 0 Å². The predicted molar refractivity (Wildman–Crippen MR) is 65.0 cm³/mol. The van der Waals surface area contributed by atoms with Gasteiger partial charge in [-0.05, 0) is 55.8 Å². The first-order valence-electron chi connectivity index (χ1n) is 5.91. The van der Waals surface area contributed by atoms with Gasteiger partial charge in [0.2, 0.25) is 0 Å². The third-order valence-electron chi connectivity index (χ3n) is 3.39. The normalized spacial score (nSPS) is 16.8. The molecule has 0 bridgehead atoms. The molecule has 1 aromatic carbocycles. The monoisotopic (exact) mass is 214 g/mol.